The van der Waals surface area contributed by atoms with Gasteiger partial charge in [-0.15, -0.1) is 0 Å². The molecule has 0 bridgehead atoms. The van der Waals surface area contributed by atoms with Crippen molar-refractivity contribution in [3.63, 3.8) is 0 Å². The van der Waals surface area contributed by atoms with Crippen LogP contribution in [-0.2, 0) is 42.1 Å². The predicted molar refractivity (Wildman–Crippen MR) is 155 cm³/mol. The van der Waals surface area contributed by atoms with Crippen molar-refractivity contribution in [3.05, 3.63) is 118 Å². The fourth-order valence-electron chi connectivity index (χ4n) is 4.89. The van der Waals surface area contributed by atoms with E-state index >= 15 is 0 Å². The standard InChI is InChI=1S/C31H28N6O3S/c1-36-13-10-28(35-36)21-41(39,40)29-7-6-26(31(38)34-19-23-9-14-37-15-12-33-30(37)17-23)18-25(29)4-2-22-3-5-27-20-32-11-8-24(27)16-22/h3,5-7,9-10,12-18,32H,8,11,19-21H2,1H3,(H,34,38). The van der Waals surface area contributed by atoms with Crippen LogP contribution in [0.3, 0.4) is 0 Å². The number of aryl methyl sites for hydroxylation is 1. The molecule has 0 unspecified atom stereocenters. The Kier molecular flexibility index (Phi) is 7.14. The molecule has 4 heterocycles. The van der Waals surface area contributed by atoms with Gasteiger partial charge in [0.05, 0.1) is 16.3 Å². The molecule has 0 atom stereocenters. The number of sulfone groups is 1. The van der Waals surface area contributed by atoms with Crippen LogP contribution >= 0.6 is 0 Å². The summed E-state index contributed by atoms with van der Waals surface area (Å²) in [5.41, 5.74) is 5.99. The van der Waals surface area contributed by atoms with Crippen molar-refractivity contribution in [1.29, 1.82) is 0 Å². The van der Waals surface area contributed by atoms with Crippen LogP contribution in [-0.4, -0.2) is 40.0 Å². The van der Waals surface area contributed by atoms with E-state index < -0.39 is 9.84 Å². The summed E-state index contributed by atoms with van der Waals surface area (Å²) in [5.74, 6) is 5.60. The van der Waals surface area contributed by atoms with Gasteiger partial charge in [0, 0.05) is 61.6 Å². The number of nitrogens with zero attached hydrogens (tertiary/aromatic N) is 4. The Morgan fingerprint density at radius 2 is 1.93 bits per heavy atom. The summed E-state index contributed by atoms with van der Waals surface area (Å²) in [7, 11) is -2.05. The van der Waals surface area contributed by atoms with Gasteiger partial charge in [0.15, 0.2) is 9.84 Å². The maximum Gasteiger partial charge on any atom is 0.251 e. The molecule has 2 N–H and O–H groups in total. The lowest BCUT2D eigenvalue weighted by Crippen LogP contribution is -2.23. The lowest BCUT2D eigenvalue weighted by atomic mass is 9.98. The number of imidazole rings is 1. The predicted octanol–water partition coefficient (Wildman–Crippen LogP) is 3.02. The summed E-state index contributed by atoms with van der Waals surface area (Å²) in [5, 5.41) is 10.5. The van der Waals surface area contributed by atoms with Gasteiger partial charge in [0.25, 0.3) is 5.91 Å². The number of rotatable bonds is 6. The van der Waals surface area contributed by atoms with Crippen molar-refractivity contribution in [2.75, 3.05) is 6.54 Å². The van der Waals surface area contributed by atoms with Crippen LogP contribution in [0.4, 0.5) is 0 Å². The summed E-state index contributed by atoms with van der Waals surface area (Å²) >= 11 is 0. The Morgan fingerprint density at radius 1 is 1.02 bits per heavy atom. The molecular formula is C31H28N6O3S. The second-order valence-electron chi connectivity index (χ2n) is 10.0. The highest BCUT2D eigenvalue weighted by Crippen LogP contribution is 2.22. The van der Waals surface area contributed by atoms with E-state index in [1.54, 1.807) is 36.3 Å². The van der Waals surface area contributed by atoms with E-state index in [9.17, 15) is 13.2 Å². The summed E-state index contributed by atoms with van der Waals surface area (Å²) in [4.78, 5) is 17.5. The van der Waals surface area contributed by atoms with Crippen LogP contribution in [0, 0.1) is 11.8 Å². The molecule has 1 aliphatic heterocycles. The molecule has 0 saturated heterocycles. The van der Waals surface area contributed by atoms with Gasteiger partial charge in [0.2, 0.25) is 0 Å². The SMILES string of the molecule is Cn1ccc(CS(=O)(=O)c2ccc(C(=O)NCc3ccn4ccnc4c3)cc2C#Cc2ccc3c(c2)CCNC3)n1. The summed E-state index contributed by atoms with van der Waals surface area (Å²) < 4.78 is 30.4. The molecule has 206 valence electrons. The summed E-state index contributed by atoms with van der Waals surface area (Å²) in [6, 6.07) is 16.1. The quantitative estimate of drug-likeness (QED) is 0.307. The molecule has 10 heteroatoms. The van der Waals surface area contributed by atoms with Crippen molar-refractivity contribution in [2.45, 2.75) is 30.2 Å². The molecule has 5 aromatic rings. The van der Waals surface area contributed by atoms with Crippen LogP contribution in [0.5, 0.6) is 0 Å². The lowest BCUT2D eigenvalue weighted by molar-refractivity contribution is 0.0950. The van der Waals surface area contributed by atoms with E-state index in [1.165, 1.54) is 23.3 Å². The molecule has 0 saturated carbocycles. The van der Waals surface area contributed by atoms with Gasteiger partial charge < -0.3 is 15.0 Å². The third-order valence-corrected chi connectivity index (χ3v) is 8.74. The zero-order valence-corrected chi connectivity index (χ0v) is 23.3. The molecule has 41 heavy (non-hydrogen) atoms. The zero-order chi connectivity index (χ0) is 28.4. The topological polar surface area (TPSA) is 110 Å². The van der Waals surface area contributed by atoms with Crippen LogP contribution in [0.25, 0.3) is 5.65 Å². The first-order valence-corrected chi connectivity index (χ1v) is 14.9. The third-order valence-electron chi connectivity index (χ3n) is 7.03. The molecule has 9 nitrogen and oxygen atoms in total. The maximum absolute atomic E-state index is 13.5. The largest absolute Gasteiger partial charge is 0.348 e. The van der Waals surface area contributed by atoms with Crippen molar-refractivity contribution in [2.24, 2.45) is 7.05 Å². The van der Waals surface area contributed by atoms with E-state index in [2.05, 4.69) is 44.7 Å². The number of fused-ring (bicyclic) bond motifs is 2. The fourth-order valence-corrected chi connectivity index (χ4v) is 6.31. The first-order valence-electron chi connectivity index (χ1n) is 13.2. The van der Waals surface area contributed by atoms with E-state index in [1.807, 2.05) is 35.0 Å². The van der Waals surface area contributed by atoms with Crippen molar-refractivity contribution in [3.8, 4) is 11.8 Å². The van der Waals surface area contributed by atoms with Crippen LogP contribution < -0.4 is 10.6 Å². The molecule has 0 radical (unpaired) electrons. The summed E-state index contributed by atoms with van der Waals surface area (Å²) in [6.45, 7) is 2.03. The number of amides is 1. The van der Waals surface area contributed by atoms with Gasteiger partial charge >= 0.3 is 0 Å². The van der Waals surface area contributed by atoms with E-state index in [0.29, 0.717) is 17.8 Å². The molecule has 0 spiro atoms. The average molecular weight is 565 g/mol. The van der Waals surface area contributed by atoms with E-state index in [4.69, 9.17) is 0 Å². The molecule has 1 amide bonds. The second kappa shape index (κ2) is 11.0. The minimum Gasteiger partial charge on any atom is -0.348 e. The number of hydrogen-bond acceptors (Lipinski definition) is 6. The van der Waals surface area contributed by atoms with Gasteiger partial charge in [-0.2, -0.15) is 5.10 Å². The normalized spacial score (nSPS) is 12.9. The Morgan fingerprint density at radius 3 is 2.78 bits per heavy atom. The lowest BCUT2D eigenvalue weighted by Gasteiger charge is -2.16. The fraction of sp³-hybridized carbons (Fsp3) is 0.194. The number of carbonyl (C=O) groups is 1. The zero-order valence-electron chi connectivity index (χ0n) is 22.5. The van der Waals surface area contributed by atoms with Crippen LogP contribution in [0.2, 0.25) is 0 Å². The third kappa shape index (κ3) is 5.91. The monoisotopic (exact) mass is 564 g/mol. The first-order chi connectivity index (χ1) is 19.8. The second-order valence-corrected chi connectivity index (χ2v) is 12.0. The van der Waals surface area contributed by atoms with E-state index in [-0.39, 0.29) is 22.1 Å². The number of hydrogen-bond donors (Lipinski definition) is 2. The average Bonchev–Trinajstić information content (AvgIpc) is 3.62. The highest BCUT2D eigenvalue weighted by Gasteiger charge is 2.22. The Balaban J connectivity index is 1.30. The number of aromatic nitrogens is 4. The van der Waals surface area contributed by atoms with Gasteiger partial charge in [-0.25, -0.2) is 13.4 Å². The van der Waals surface area contributed by atoms with Crippen molar-refractivity contribution in [1.82, 2.24) is 29.8 Å². The number of benzene rings is 2. The van der Waals surface area contributed by atoms with Crippen molar-refractivity contribution < 1.29 is 13.2 Å². The minimum atomic E-state index is -3.79. The van der Waals surface area contributed by atoms with Crippen LogP contribution in [0.15, 0.2) is 84.3 Å². The maximum atomic E-state index is 13.5. The number of carbonyl (C=O) groups excluding carboxylic acids is 1. The number of nitrogens with one attached hydrogen (secondary N) is 2. The van der Waals surface area contributed by atoms with Gasteiger partial charge in [-0.3, -0.25) is 9.48 Å². The Bertz CT molecular complexity index is 1950. The minimum absolute atomic E-state index is 0.0686. The van der Waals surface area contributed by atoms with E-state index in [0.717, 1.165) is 36.3 Å². The molecular weight excluding hydrogens is 536 g/mol. The molecule has 1 aliphatic rings. The molecule has 3 aromatic heterocycles. The Labute approximate surface area is 238 Å². The van der Waals surface area contributed by atoms with Gasteiger partial charge in [0.1, 0.15) is 5.65 Å². The molecule has 6 rings (SSSR count). The highest BCUT2D eigenvalue weighted by molar-refractivity contribution is 7.90. The smallest absolute Gasteiger partial charge is 0.251 e. The van der Waals surface area contributed by atoms with Gasteiger partial charge in [-0.1, -0.05) is 17.9 Å². The van der Waals surface area contributed by atoms with Gasteiger partial charge in [-0.05, 0) is 78.2 Å². The Hall–Kier alpha value is -4.72. The molecule has 0 aliphatic carbocycles. The van der Waals surface area contributed by atoms with Crippen molar-refractivity contribution >= 4 is 21.4 Å². The molecule has 0 fully saturated rings. The number of pyridine rings is 1. The summed E-state index contributed by atoms with van der Waals surface area (Å²) in [6.07, 6.45) is 8.07. The first kappa shape index (κ1) is 26.5. The van der Waals surface area contributed by atoms with Crippen LogP contribution in [0.1, 0.15) is 43.9 Å². The molecule has 2 aromatic carbocycles. The highest BCUT2D eigenvalue weighted by atomic mass is 32.2.